The quantitative estimate of drug-likeness (QED) is 0.821. The number of amides is 1. The zero-order chi connectivity index (χ0) is 16.7. The van der Waals surface area contributed by atoms with Crippen molar-refractivity contribution < 1.29 is 14.3 Å². The molecule has 4 nitrogen and oxygen atoms in total. The number of halogens is 1. The molecule has 118 valence electrons. The first kappa shape index (κ1) is 16.8. The Morgan fingerprint density at radius 3 is 2.39 bits per heavy atom. The second-order valence-electron chi connectivity index (χ2n) is 4.85. The van der Waals surface area contributed by atoms with Crippen LogP contribution in [0.15, 0.2) is 66.2 Å². The molecule has 0 aliphatic carbocycles. The average molecular weight is 330 g/mol. The molecule has 2 aromatic rings. The van der Waals surface area contributed by atoms with Crippen LogP contribution in [0.5, 0.6) is 0 Å². The summed E-state index contributed by atoms with van der Waals surface area (Å²) in [7, 11) is 0. The van der Waals surface area contributed by atoms with E-state index in [9.17, 15) is 9.59 Å². The zero-order valence-electron chi connectivity index (χ0n) is 12.4. The van der Waals surface area contributed by atoms with Gasteiger partial charge in [-0.1, -0.05) is 60.6 Å². The zero-order valence-corrected chi connectivity index (χ0v) is 13.2. The summed E-state index contributed by atoms with van der Waals surface area (Å²) in [6.07, 6.45) is 0.225. The fourth-order valence-corrected chi connectivity index (χ4v) is 2.02. The molecule has 2 rings (SSSR count). The minimum Gasteiger partial charge on any atom is -0.456 e. The standard InChI is InChI=1S/C18H16ClNO3/c1-13(19)12-23-18(22)15-9-5-6-10-16(15)20-17(21)11-14-7-3-2-4-8-14/h2-10H,1,11-12H2,(H,20,21). The van der Waals surface area contributed by atoms with Crippen LogP contribution in [0.1, 0.15) is 15.9 Å². The van der Waals surface area contributed by atoms with E-state index in [0.717, 1.165) is 5.56 Å². The van der Waals surface area contributed by atoms with Gasteiger partial charge in [-0.2, -0.15) is 0 Å². The lowest BCUT2D eigenvalue weighted by Crippen LogP contribution is -2.17. The van der Waals surface area contributed by atoms with E-state index < -0.39 is 5.97 Å². The molecule has 0 radical (unpaired) electrons. The number of carbonyl (C=O) groups is 2. The number of ether oxygens (including phenoxy) is 1. The van der Waals surface area contributed by atoms with Gasteiger partial charge in [0.15, 0.2) is 0 Å². The predicted molar refractivity (Wildman–Crippen MR) is 90.5 cm³/mol. The first-order chi connectivity index (χ1) is 11.1. The van der Waals surface area contributed by atoms with Crippen LogP contribution in [-0.2, 0) is 16.0 Å². The summed E-state index contributed by atoms with van der Waals surface area (Å²) in [6, 6.07) is 16.0. The number of nitrogens with one attached hydrogen (secondary N) is 1. The highest BCUT2D eigenvalue weighted by molar-refractivity contribution is 6.29. The Labute approximate surface area is 139 Å². The highest BCUT2D eigenvalue weighted by atomic mass is 35.5. The first-order valence-corrected chi connectivity index (χ1v) is 7.37. The number of para-hydroxylation sites is 1. The molecule has 0 fully saturated rings. The van der Waals surface area contributed by atoms with Crippen molar-refractivity contribution in [1.82, 2.24) is 0 Å². The average Bonchev–Trinajstić information content (AvgIpc) is 2.54. The monoisotopic (exact) mass is 329 g/mol. The minimum absolute atomic E-state index is 0.0767. The molecule has 5 heteroatoms. The summed E-state index contributed by atoms with van der Waals surface area (Å²) in [5, 5.41) is 2.96. The van der Waals surface area contributed by atoms with E-state index in [1.54, 1.807) is 24.3 Å². The highest BCUT2D eigenvalue weighted by Crippen LogP contribution is 2.17. The van der Waals surface area contributed by atoms with Gasteiger partial charge in [0.1, 0.15) is 6.61 Å². The Bertz CT molecular complexity index is 713. The van der Waals surface area contributed by atoms with Gasteiger partial charge in [-0.3, -0.25) is 4.79 Å². The summed E-state index contributed by atoms with van der Waals surface area (Å²) in [6.45, 7) is 3.38. The Morgan fingerprint density at radius 1 is 1.04 bits per heavy atom. The normalized spacial score (nSPS) is 9.96. The molecule has 0 unspecified atom stereocenters. The van der Waals surface area contributed by atoms with Crippen molar-refractivity contribution in [1.29, 1.82) is 0 Å². The predicted octanol–water partition coefficient (Wildman–Crippen LogP) is 3.78. The SMILES string of the molecule is C=C(Cl)COC(=O)c1ccccc1NC(=O)Cc1ccccc1. The van der Waals surface area contributed by atoms with Crippen molar-refractivity contribution in [3.8, 4) is 0 Å². The third kappa shape index (κ3) is 5.27. The van der Waals surface area contributed by atoms with Gasteiger partial charge in [-0.05, 0) is 17.7 Å². The van der Waals surface area contributed by atoms with Crippen LogP contribution in [0.3, 0.4) is 0 Å². The minimum atomic E-state index is -0.567. The van der Waals surface area contributed by atoms with Gasteiger partial charge < -0.3 is 10.1 Å². The number of hydrogen-bond acceptors (Lipinski definition) is 3. The van der Waals surface area contributed by atoms with Gasteiger partial charge >= 0.3 is 5.97 Å². The van der Waals surface area contributed by atoms with Crippen molar-refractivity contribution in [2.45, 2.75) is 6.42 Å². The highest BCUT2D eigenvalue weighted by Gasteiger charge is 2.14. The molecule has 0 bridgehead atoms. The third-order valence-corrected chi connectivity index (χ3v) is 3.10. The van der Waals surface area contributed by atoms with E-state index in [-0.39, 0.29) is 29.5 Å². The molecule has 0 saturated heterocycles. The molecule has 0 heterocycles. The Kier molecular flexibility index (Phi) is 5.94. The van der Waals surface area contributed by atoms with Crippen LogP contribution >= 0.6 is 11.6 Å². The van der Waals surface area contributed by atoms with Crippen molar-refractivity contribution in [2.75, 3.05) is 11.9 Å². The Hall–Kier alpha value is -2.59. The molecule has 0 atom stereocenters. The van der Waals surface area contributed by atoms with E-state index in [2.05, 4.69) is 11.9 Å². The van der Waals surface area contributed by atoms with Crippen LogP contribution < -0.4 is 5.32 Å². The topological polar surface area (TPSA) is 55.4 Å². The summed E-state index contributed by atoms with van der Waals surface area (Å²) in [4.78, 5) is 24.2. The van der Waals surface area contributed by atoms with E-state index in [1.165, 1.54) is 0 Å². The van der Waals surface area contributed by atoms with Crippen molar-refractivity contribution in [3.63, 3.8) is 0 Å². The fourth-order valence-electron chi connectivity index (χ4n) is 1.97. The lowest BCUT2D eigenvalue weighted by molar-refractivity contribution is -0.115. The second kappa shape index (κ2) is 8.15. The molecular formula is C18H16ClNO3. The van der Waals surface area contributed by atoms with Crippen LogP contribution in [0.4, 0.5) is 5.69 Å². The van der Waals surface area contributed by atoms with E-state index >= 15 is 0 Å². The molecule has 1 N–H and O–H groups in total. The van der Waals surface area contributed by atoms with Gasteiger partial charge in [-0.15, -0.1) is 0 Å². The molecule has 0 saturated carbocycles. The van der Waals surface area contributed by atoms with Crippen LogP contribution in [0.25, 0.3) is 0 Å². The third-order valence-electron chi connectivity index (χ3n) is 2.99. The molecule has 23 heavy (non-hydrogen) atoms. The van der Waals surface area contributed by atoms with Gasteiger partial charge in [0.05, 0.1) is 17.7 Å². The first-order valence-electron chi connectivity index (χ1n) is 6.99. The molecule has 0 aromatic heterocycles. The van der Waals surface area contributed by atoms with Gasteiger partial charge in [-0.25, -0.2) is 4.79 Å². The maximum Gasteiger partial charge on any atom is 0.340 e. The number of anilines is 1. The largest absolute Gasteiger partial charge is 0.456 e. The second-order valence-corrected chi connectivity index (χ2v) is 5.38. The number of rotatable bonds is 6. The van der Waals surface area contributed by atoms with E-state index in [1.807, 2.05) is 30.3 Å². The molecule has 1 amide bonds. The number of carbonyl (C=O) groups excluding carboxylic acids is 2. The van der Waals surface area contributed by atoms with Gasteiger partial charge in [0.25, 0.3) is 0 Å². The van der Waals surface area contributed by atoms with Crippen molar-refractivity contribution in [3.05, 3.63) is 77.3 Å². The molecule has 0 spiro atoms. The maximum atomic E-state index is 12.1. The number of benzene rings is 2. The van der Waals surface area contributed by atoms with Crippen LogP contribution in [0, 0.1) is 0 Å². The van der Waals surface area contributed by atoms with E-state index in [4.69, 9.17) is 16.3 Å². The molecule has 0 aliphatic heterocycles. The summed E-state index contributed by atoms with van der Waals surface area (Å²) in [5.74, 6) is -0.777. The Balaban J connectivity index is 2.06. The van der Waals surface area contributed by atoms with Crippen molar-refractivity contribution >= 4 is 29.2 Å². The smallest absolute Gasteiger partial charge is 0.340 e. The lowest BCUT2D eigenvalue weighted by atomic mass is 10.1. The molecule has 0 aliphatic rings. The number of hydrogen-bond donors (Lipinski definition) is 1. The van der Waals surface area contributed by atoms with Gasteiger partial charge in [0.2, 0.25) is 5.91 Å². The van der Waals surface area contributed by atoms with Gasteiger partial charge in [0, 0.05) is 5.03 Å². The lowest BCUT2D eigenvalue weighted by Gasteiger charge is -2.10. The van der Waals surface area contributed by atoms with Crippen molar-refractivity contribution in [2.24, 2.45) is 0 Å². The van der Waals surface area contributed by atoms with E-state index in [0.29, 0.717) is 5.69 Å². The summed E-state index contributed by atoms with van der Waals surface area (Å²) >= 11 is 5.58. The summed E-state index contributed by atoms with van der Waals surface area (Å²) < 4.78 is 5.01. The molecular weight excluding hydrogens is 314 g/mol. The maximum absolute atomic E-state index is 12.1. The summed E-state index contributed by atoms with van der Waals surface area (Å²) in [5.41, 5.74) is 1.56. The van der Waals surface area contributed by atoms with Crippen LogP contribution in [0.2, 0.25) is 0 Å². The van der Waals surface area contributed by atoms with Crippen LogP contribution in [-0.4, -0.2) is 18.5 Å². The number of esters is 1. The Morgan fingerprint density at radius 2 is 1.70 bits per heavy atom. The molecule has 2 aromatic carbocycles. The fraction of sp³-hybridized carbons (Fsp3) is 0.111.